The normalized spacial score (nSPS) is 28.9. The fourth-order valence-electron chi connectivity index (χ4n) is 2.68. The van der Waals surface area contributed by atoms with Crippen LogP contribution in [0.3, 0.4) is 0 Å². The van der Waals surface area contributed by atoms with Crippen LogP contribution in [0.5, 0.6) is 0 Å². The van der Waals surface area contributed by atoms with Crippen molar-refractivity contribution >= 4 is 8.32 Å². The summed E-state index contributed by atoms with van der Waals surface area (Å²) in [6.45, 7) is 14.9. The largest absolute Gasteiger partial charge is 0.505 e. The first-order chi connectivity index (χ1) is 9.17. The molecule has 1 aliphatic rings. The van der Waals surface area contributed by atoms with E-state index in [4.69, 9.17) is 9.16 Å². The molecule has 0 saturated heterocycles. The predicted octanol–water partition coefficient (Wildman–Crippen LogP) is 5.22. The van der Waals surface area contributed by atoms with E-state index in [2.05, 4.69) is 46.9 Å². The van der Waals surface area contributed by atoms with Crippen LogP contribution in [0.1, 0.15) is 47.0 Å². The molecule has 0 heterocycles. The standard InChI is InChI=1S/C17H34O2Si/c1-14-8-9-15(10-11-18-5)16(12-14)13-19-20(6,7)17(2,3)4/h10-11,14-16H,8-9,12-13H2,1-7H3/b11-10+/t14-,15?,16?/m1/s1. The molecule has 118 valence electrons. The van der Waals surface area contributed by atoms with Crippen molar-refractivity contribution in [3.05, 3.63) is 12.3 Å². The zero-order valence-corrected chi connectivity index (χ0v) is 15.5. The van der Waals surface area contributed by atoms with E-state index >= 15 is 0 Å². The molecule has 0 N–H and O–H groups in total. The van der Waals surface area contributed by atoms with E-state index < -0.39 is 8.32 Å². The van der Waals surface area contributed by atoms with Gasteiger partial charge >= 0.3 is 0 Å². The molecule has 2 unspecified atom stereocenters. The van der Waals surface area contributed by atoms with E-state index in [-0.39, 0.29) is 0 Å². The van der Waals surface area contributed by atoms with Crippen molar-refractivity contribution < 1.29 is 9.16 Å². The first-order valence-corrected chi connectivity index (χ1v) is 10.9. The number of rotatable bonds is 5. The average Bonchev–Trinajstić information content (AvgIpc) is 2.34. The van der Waals surface area contributed by atoms with Crippen LogP contribution in [-0.4, -0.2) is 22.0 Å². The molecule has 0 amide bonds. The lowest BCUT2D eigenvalue weighted by Crippen LogP contribution is -2.43. The maximum atomic E-state index is 6.46. The van der Waals surface area contributed by atoms with Gasteiger partial charge in [-0.25, -0.2) is 0 Å². The van der Waals surface area contributed by atoms with Crippen LogP contribution in [0, 0.1) is 17.8 Å². The van der Waals surface area contributed by atoms with Gasteiger partial charge in [0.25, 0.3) is 0 Å². The Balaban J connectivity index is 2.64. The van der Waals surface area contributed by atoms with E-state index in [1.54, 1.807) is 7.11 Å². The third-order valence-electron chi connectivity index (χ3n) is 5.23. The van der Waals surface area contributed by atoms with Gasteiger partial charge in [-0.2, -0.15) is 0 Å². The Labute approximate surface area is 127 Å². The molecule has 1 fully saturated rings. The van der Waals surface area contributed by atoms with Gasteiger partial charge in [0, 0.05) is 6.61 Å². The van der Waals surface area contributed by atoms with Crippen molar-refractivity contribution in [1.29, 1.82) is 0 Å². The maximum Gasteiger partial charge on any atom is 0.191 e. The molecule has 0 radical (unpaired) electrons. The molecule has 0 aromatic carbocycles. The van der Waals surface area contributed by atoms with Crippen molar-refractivity contribution in [2.75, 3.05) is 13.7 Å². The summed E-state index contributed by atoms with van der Waals surface area (Å²) in [6.07, 6.45) is 7.97. The van der Waals surface area contributed by atoms with Crippen LogP contribution in [0.25, 0.3) is 0 Å². The summed E-state index contributed by atoms with van der Waals surface area (Å²) in [5.41, 5.74) is 0. The minimum absolute atomic E-state index is 0.297. The van der Waals surface area contributed by atoms with Crippen LogP contribution >= 0.6 is 0 Å². The van der Waals surface area contributed by atoms with Gasteiger partial charge in [0.05, 0.1) is 13.4 Å². The molecule has 1 aliphatic carbocycles. The molecule has 0 bridgehead atoms. The third-order valence-corrected chi connectivity index (χ3v) is 9.73. The highest BCUT2D eigenvalue weighted by molar-refractivity contribution is 6.74. The Morgan fingerprint density at radius 2 is 1.85 bits per heavy atom. The molecular weight excluding hydrogens is 264 g/mol. The molecule has 0 aliphatic heterocycles. The van der Waals surface area contributed by atoms with Crippen LogP contribution in [0.2, 0.25) is 18.1 Å². The summed E-state index contributed by atoms with van der Waals surface area (Å²) < 4.78 is 11.6. The Morgan fingerprint density at radius 1 is 1.20 bits per heavy atom. The predicted molar refractivity (Wildman–Crippen MR) is 89.3 cm³/mol. The van der Waals surface area contributed by atoms with Gasteiger partial charge in [0.2, 0.25) is 0 Å². The van der Waals surface area contributed by atoms with Crippen molar-refractivity contribution in [2.24, 2.45) is 17.8 Å². The van der Waals surface area contributed by atoms with E-state index in [1.807, 2.05) is 6.26 Å². The lowest BCUT2D eigenvalue weighted by atomic mass is 9.75. The van der Waals surface area contributed by atoms with Gasteiger partial charge in [-0.05, 0) is 54.8 Å². The lowest BCUT2D eigenvalue weighted by Gasteiger charge is -2.40. The first kappa shape index (κ1) is 17.8. The van der Waals surface area contributed by atoms with Crippen molar-refractivity contribution in [1.82, 2.24) is 0 Å². The van der Waals surface area contributed by atoms with E-state index in [0.29, 0.717) is 16.9 Å². The summed E-state index contributed by atoms with van der Waals surface area (Å²) >= 11 is 0. The number of methoxy groups -OCH3 is 1. The van der Waals surface area contributed by atoms with Crippen LogP contribution in [0.15, 0.2) is 12.3 Å². The summed E-state index contributed by atoms with van der Waals surface area (Å²) in [5, 5.41) is 0.297. The number of ether oxygens (including phenoxy) is 1. The molecule has 1 rings (SSSR count). The average molecular weight is 299 g/mol. The number of hydrogen-bond acceptors (Lipinski definition) is 2. The molecule has 0 spiro atoms. The van der Waals surface area contributed by atoms with Gasteiger partial charge in [0.15, 0.2) is 8.32 Å². The van der Waals surface area contributed by atoms with Gasteiger partial charge < -0.3 is 9.16 Å². The van der Waals surface area contributed by atoms with E-state index in [9.17, 15) is 0 Å². The van der Waals surface area contributed by atoms with Crippen LogP contribution in [-0.2, 0) is 9.16 Å². The van der Waals surface area contributed by atoms with Crippen molar-refractivity contribution in [2.45, 2.75) is 65.1 Å². The van der Waals surface area contributed by atoms with Crippen molar-refractivity contribution in [3.8, 4) is 0 Å². The van der Waals surface area contributed by atoms with Gasteiger partial charge in [-0.3, -0.25) is 0 Å². The van der Waals surface area contributed by atoms with Gasteiger partial charge in [0.1, 0.15) is 0 Å². The molecule has 3 heteroatoms. The highest BCUT2D eigenvalue weighted by atomic mass is 28.4. The summed E-state index contributed by atoms with van der Waals surface area (Å²) in [7, 11) is 0.0982. The molecule has 3 atom stereocenters. The number of allylic oxidation sites excluding steroid dienone is 1. The minimum atomic E-state index is -1.63. The molecule has 0 aromatic rings. The van der Waals surface area contributed by atoms with Gasteiger partial charge in [-0.1, -0.05) is 34.1 Å². The fraction of sp³-hybridized carbons (Fsp3) is 0.882. The molecule has 0 aromatic heterocycles. The summed E-state index contributed by atoms with van der Waals surface area (Å²) in [5.74, 6) is 2.10. The Hall–Kier alpha value is -0.283. The topological polar surface area (TPSA) is 18.5 Å². The Morgan fingerprint density at radius 3 is 2.40 bits per heavy atom. The first-order valence-electron chi connectivity index (χ1n) is 8.01. The molecular formula is C17H34O2Si. The van der Waals surface area contributed by atoms with Gasteiger partial charge in [-0.15, -0.1) is 0 Å². The SMILES string of the molecule is CO/C=C/C1CC[C@@H](C)CC1CO[Si](C)(C)C(C)(C)C. The second-order valence-electron chi connectivity index (χ2n) is 7.98. The van der Waals surface area contributed by atoms with E-state index in [0.717, 1.165) is 12.5 Å². The quantitative estimate of drug-likeness (QED) is 0.511. The number of hydrogen-bond donors (Lipinski definition) is 0. The minimum Gasteiger partial charge on any atom is -0.505 e. The Kier molecular flexibility index (Phi) is 6.33. The van der Waals surface area contributed by atoms with Crippen molar-refractivity contribution in [3.63, 3.8) is 0 Å². The highest BCUT2D eigenvalue weighted by Crippen LogP contribution is 2.39. The molecule has 1 saturated carbocycles. The van der Waals surface area contributed by atoms with Crippen LogP contribution in [0.4, 0.5) is 0 Å². The van der Waals surface area contributed by atoms with Crippen LogP contribution < -0.4 is 0 Å². The fourth-order valence-corrected chi connectivity index (χ4v) is 3.74. The second kappa shape index (κ2) is 7.12. The zero-order valence-electron chi connectivity index (χ0n) is 14.5. The summed E-state index contributed by atoms with van der Waals surface area (Å²) in [6, 6.07) is 0. The smallest absolute Gasteiger partial charge is 0.191 e. The lowest BCUT2D eigenvalue weighted by molar-refractivity contribution is 0.135. The second-order valence-corrected chi connectivity index (χ2v) is 12.8. The van der Waals surface area contributed by atoms with E-state index in [1.165, 1.54) is 19.3 Å². The molecule has 20 heavy (non-hydrogen) atoms. The Bertz CT molecular complexity index is 317. The maximum absolute atomic E-state index is 6.46. The highest BCUT2D eigenvalue weighted by Gasteiger charge is 2.38. The third kappa shape index (κ3) is 4.92. The molecule has 2 nitrogen and oxygen atoms in total. The zero-order chi connectivity index (χ0) is 15.4. The summed E-state index contributed by atoms with van der Waals surface area (Å²) in [4.78, 5) is 0. The monoisotopic (exact) mass is 298 g/mol.